The van der Waals surface area contributed by atoms with Crippen LogP contribution in [-0.4, -0.2) is 41.9 Å². The molecule has 3 aromatic rings. The van der Waals surface area contributed by atoms with Crippen molar-refractivity contribution in [2.45, 2.75) is 27.0 Å². The third kappa shape index (κ3) is 5.66. The third-order valence-corrected chi connectivity index (χ3v) is 6.10. The largest absolute Gasteiger partial charge is 0.486 e. The van der Waals surface area contributed by atoms with Crippen LogP contribution in [0.25, 0.3) is 0 Å². The second-order valence-electron chi connectivity index (χ2n) is 8.18. The van der Waals surface area contributed by atoms with Gasteiger partial charge in [-0.2, -0.15) is 0 Å². The van der Waals surface area contributed by atoms with E-state index in [1.807, 2.05) is 43.0 Å². The van der Waals surface area contributed by atoms with Crippen molar-refractivity contribution in [1.29, 1.82) is 0 Å². The molecule has 1 fully saturated rings. The van der Waals surface area contributed by atoms with Crippen molar-refractivity contribution in [3.05, 3.63) is 86.8 Å². The Balaban J connectivity index is 1.29. The minimum atomic E-state index is -0.0909. The first-order valence-corrected chi connectivity index (χ1v) is 11.4. The van der Waals surface area contributed by atoms with Gasteiger partial charge in [-0.25, -0.2) is 0 Å². The lowest BCUT2D eigenvalue weighted by Crippen LogP contribution is -2.48. The second-order valence-corrected chi connectivity index (χ2v) is 9.03. The Morgan fingerprint density at radius 2 is 1.69 bits per heavy atom. The molecule has 7 heteroatoms. The standard InChI is InChI=1S/C25H26Cl2N2O3/c1-17-11-18(2)13-22(12-17)31-16-21-5-6-24(32-21)25(30)29-9-7-28(8-10-29)15-19-3-4-20(26)14-23(19)27/h3-6,11-14H,7-10,15-16H2,1-2H3. The van der Waals surface area contributed by atoms with Crippen LogP contribution in [0.1, 0.15) is 33.0 Å². The van der Waals surface area contributed by atoms with Crippen molar-refractivity contribution in [2.75, 3.05) is 26.2 Å². The average molecular weight is 473 g/mol. The number of carbonyl (C=O) groups is 1. The van der Waals surface area contributed by atoms with Crippen LogP contribution in [0.2, 0.25) is 10.0 Å². The molecule has 2 aromatic carbocycles. The number of hydrogen-bond donors (Lipinski definition) is 0. The molecule has 0 bridgehead atoms. The molecule has 4 rings (SSSR count). The summed E-state index contributed by atoms with van der Waals surface area (Å²) in [6.07, 6.45) is 0. The number of nitrogens with zero attached hydrogens (tertiary/aromatic N) is 2. The van der Waals surface area contributed by atoms with E-state index in [0.29, 0.717) is 34.7 Å². The average Bonchev–Trinajstić information content (AvgIpc) is 3.23. The maximum absolute atomic E-state index is 12.9. The zero-order valence-electron chi connectivity index (χ0n) is 18.2. The summed E-state index contributed by atoms with van der Waals surface area (Å²) in [4.78, 5) is 17.0. The van der Waals surface area contributed by atoms with Crippen LogP contribution >= 0.6 is 23.2 Å². The van der Waals surface area contributed by atoms with Gasteiger partial charge in [0, 0.05) is 42.8 Å². The highest BCUT2D eigenvalue weighted by atomic mass is 35.5. The number of halogens is 2. The second kappa shape index (κ2) is 9.99. The Kier molecular flexibility index (Phi) is 7.09. The van der Waals surface area contributed by atoms with Crippen LogP contribution in [0.5, 0.6) is 5.75 Å². The van der Waals surface area contributed by atoms with Gasteiger partial charge in [-0.3, -0.25) is 9.69 Å². The SMILES string of the molecule is Cc1cc(C)cc(OCc2ccc(C(=O)N3CCN(Cc4ccc(Cl)cc4Cl)CC3)o2)c1. The predicted octanol–water partition coefficient (Wildman–Crippen LogP) is 5.74. The first-order chi connectivity index (χ1) is 15.4. The zero-order valence-corrected chi connectivity index (χ0v) is 19.7. The molecule has 0 spiro atoms. The first-order valence-electron chi connectivity index (χ1n) is 10.6. The monoisotopic (exact) mass is 472 g/mol. The number of furan rings is 1. The van der Waals surface area contributed by atoms with Gasteiger partial charge in [0.2, 0.25) is 0 Å². The summed E-state index contributed by atoms with van der Waals surface area (Å²) in [6.45, 7) is 7.91. The van der Waals surface area contributed by atoms with Gasteiger partial charge in [0.1, 0.15) is 18.1 Å². The van der Waals surface area contributed by atoms with Crippen LogP contribution in [0.3, 0.4) is 0 Å². The molecule has 0 saturated carbocycles. The fourth-order valence-corrected chi connectivity index (χ4v) is 4.37. The van der Waals surface area contributed by atoms with E-state index in [-0.39, 0.29) is 12.5 Å². The summed E-state index contributed by atoms with van der Waals surface area (Å²) >= 11 is 12.3. The molecule has 168 valence electrons. The van der Waals surface area contributed by atoms with E-state index in [0.717, 1.165) is 42.1 Å². The summed E-state index contributed by atoms with van der Waals surface area (Å²) in [5.41, 5.74) is 3.33. The molecule has 0 aliphatic carbocycles. The Bertz CT molecular complexity index is 1080. The molecule has 0 unspecified atom stereocenters. The van der Waals surface area contributed by atoms with Crippen LogP contribution in [-0.2, 0) is 13.2 Å². The molecule has 1 aliphatic rings. The van der Waals surface area contributed by atoms with Gasteiger partial charge in [-0.1, -0.05) is 35.3 Å². The molecule has 1 aromatic heterocycles. The number of piperazine rings is 1. The lowest BCUT2D eigenvalue weighted by atomic mass is 10.1. The van der Waals surface area contributed by atoms with E-state index in [1.165, 1.54) is 0 Å². The van der Waals surface area contributed by atoms with Gasteiger partial charge in [0.05, 0.1) is 0 Å². The van der Waals surface area contributed by atoms with Crippen molar-refractivity contribution >= 4 is 29.1 Å². The van der Waals surface area contributed by atoms with E-state index in [4.69, 9.17) is 32.4 Å². The maximum atomic E-state index is 12.9. The van der Waals surface area contributed by atoms with E-state index in [1.54, 1.807) is 18.2 Å². The summed E-state index contributed by atoms with van der Waals surface area (Å²) in [5.74, 6) is 1.68. The number of rotatable bonds is 6. The maximum Gasteiger partial charge on any atom is 0.289 e. The molecular weight excluding hydrogens is 447 g/mol. The molecule has 0 atom stereocenters. The summed E-state index contributed by atoms with van der Waals surface area (Å²) in [7, 11) is 0. The van der Waals surface area contributed by atoms with Crippen LogP contribution in [0.4, 0.5) is 0 Å². The molecule has 1 saturated heterocycles. The summed E-state index contributed by atoms with van der Waals surface area (Å²) < 4.78 is 11.6. The van der Waals surface area contributed by atoms with Crippen molar-refractivity contribution < 1.29 is 13.9 Å². The topological polar surface area (TPSA) is 45.9 Å². The Morgan fingerprint density at radius 1 is 0.969 bits per heavy atom. The van der Waals surface area contributed by atoms with Crippen molar-refractivity contribution in [1.82, 2.24) is 9.80 Å². The van der Waals surface area contributed by atoms with Gasteiger partial charge in [0.15, 0.2) is 5.76 Å². The van der Waals surface area contributed by atoms with Crippen LogP contribution < -0.4 is 4.74 Å². The van der Waals surface area contributed by atoms with Gasteiger partial charge < -0.3 is 14.1 Å². The third-order valence-electron chi connectivity index (χ3n) is 5.52. The molecule has 1 aliphatic heterocycles. The van der Waals surface area contributed by atoms with Crippen molar-refractivity contribution in [3.63, 3.8) is 0 Å². The molecule has 5 nitrogen and oxygen atoms in total. The fourth-order valence-electron chi connectivity index (χ4n) is 3.90. The van der Waals surface area contributed by atoms with Crippen LogP contribution in [0, 0.1) is 13.8 Å². The van der Waals surface area contributed by atoms with E-state index >= 15 is 0 Å². The minimum absolute atomic E-state index is 0.0909. The van der Waals surface area contributed by atoms with E-state index in [9.17, 15) is 4.79 Å². The number of benzene rings is 2. The molecule has 0 radical (unpaired) electrons. The quantitative estimate of drug-likeness (QED) is 0.458. The molecule has 0 N–H and O–H groups in total. The highest BCUT2D eigenvalue weighted by Gasteiger charge is 2.24. The normalized spacial score (nSPS) is 14.6. The Morgan fingerprint density at radius 3 is 2.38 bits per heavy atom. The Labute approximate surface area is 198 Å². The lowest BCUT2D eigenvalue weighted by Gasteiger charge is -2.34. The van der Waals surface area contributed by atoms with Gasteiger partial charge in [-0.05, 0) is 66.9 Å². The predicted molar refractivity (Wildman–Crippen MR) is 127 cm³/mol. The smallest absolute Gasteiger partial charge is 0.289 e. The summed E-state index contributed by atoms with van der Waals surface area (Å²) in [5, 5.41) is 1.30. The zero-order chi connectivity index (χ0) is 22.7. The number of ether oxygens (including phenoxy) is 1. The van der Waals surface area contributed by atoms with Gasteiger partial charge >= 0.3 is 0 Å². The summed E-state index contributed by atoms with van der Waals surface area (Å²) in [6, 6.07) is 15.2. The number of hydrogen-bond acceptors (Lipinski definition) is 4. The molecule has 32 heavy (non-hydrogen) atoms. The Hall–Kier alpha value is -2.47. The van der Waals surface area contributed by atoms with Crippen LogP contribution in [0.15, 0.2) is 52.9 Å². The number of amides is 1. The van der Waals surface area contributed by atoms with Gasteiger partial charge in [-0.15, -0.1) is 0 Å². The molecular formula is C25H26Cl2N2O3. The molecule has 2 heterocycles. The lowest BCUT2D eigenvalue weighted by molar-refractivity contribution is 0.0594. The minimum Gasteiger partial charge on any atom is -0.486 e. The van der Waals surface area contributed by atoms with Crippen molar-refractivity contribution in [3.8, 4) is 5.75 Å². The van der Waals surface area contributed by atoms with Gasteiger partial charge in [0.25, 0.3) is 5.91 Å². The highest BCUT2D eigenvalue weighted by molar-refractivity contribution is 6.35. The highest BCUT2D eigenvalue weighted by Crippen LogP contribution is 2.23. The van der Waals surface area contributed by atoms with E-state index < -0.39 is 0 Å². The van der Waals surface area contributed by atoms with Crippen molar-refractivity contribution in [2.24, 2.45) is 0 Å². The molecule has 1 amide bonds. The van der Waals surface area contributed by atoms with E-state index in [2.05, 4.69) is 11.0 Å². The number of aryl methyl sites for hydroxylation is 2. The number of carbonyl (C=O) groups excluding carboxylic acids is 1. The first kappa shape index (κ1) is 22.7. The fraction of sp³-hybridized carbons (Fsp3) is 0.320.